The van der Waals surface area contributed by atoms with Crippen molar-refractivity contribution >= 4 is 0 Å². The summed E-state index contributed by atoms with van der Waals surface area (Å²) in [5.74, 6) is 0.410. The lowest BCUT2D eigenvalue weighted by molar-refractivity contribution is 0.142. The Hall–Kier alpha value is -0.520. The van der Waals surface area contributed by atoms with Crippen LogP contribution in [0, 0.1) is 5.92 Å². The van der Waals surface area contributed by atoms with Gasteiger partial charge < -0.3 is 5.11 Å². The molecule has 0 spiro atoms. The number of hydrogen-bond donors (Lipinski definition) is 1. The molecule has 0 fully saturated rings. The summed E-state index contributed by atoms with van der Waals surface area (Å²) in [4.78, 5) is 0. The third kappa shape index (κ3) is 6.01. The van der Waals surface area contributed by atoms with Crippen molar-refractivity contribution in [2.45, 2.75) is 59.0 Å². The minimum absolute atomic E-state index is 0.311. The van der Waals surface area contributed by atoms with Crippen LogP contribution in [0.5, 0.6) is 0 Å². The van der Waals surface area contributed by atoms with Gasteiger partial charge in [-0.3, -0.25) is 0 Å². The van der Waals surface area contributed by atoms with Gasteiger partial charge in [-0.15, -0.1) is 5.73 Å². The van der Waals surface area contributed by atoms with Crippen molar-refractivity contribution in [1.29, 1.82) is 0 Å². The van der Waals surface area contributed by atoms with E-state index in [1.165, 1.54) is 12.8 Å². The van der Waals surface area contributed by atoms with Gasteiger partial charge in [0.25, 0.3) is 0 Å². The van der Waals surface area contributed by atoms with Gasteiger partial charge in [0.15, 0.2) is 0 Å². The van der Waals surface area contributed by atoms with Crippen LogP contribution in [0.4, 0.5) is 0 Å². The zero-order chi connectivity index (χ0) is 10.8. The molecule has 0 aliphatic carbocycles. The molecule has 1 N–H and O–H groups in total. The lowest BCUT2D eigenvalue weighted by Crippen LogP contribution is -2.16. The Morgan fingerprint density at radius 2 is 2.00 bits per heavy atom. The van der Waals surface area contributed by atoms with Crippen molar-refractivity contribution in [3.05, 3.63) is 17.9 Å². The van der Waals surface area contributed by atoms with Crippen LogP contribution < -0.4 is 0 Å². The molecule has 2 unspecified atom stereocenters. The Morgan fingerprint density at radius 3 is 2.50 bits per heavy atom. The molecule has 0 aromatic carbocycles. The maximum absolute atomic E-state index is 9.82. The summed E-state index contributed by atoms with van der Waals surface area (Å²) in [7, 11) is 0. The quantitative estimate of drug-likeness (QED) is 0.616. The summed E-state index contributed by atoms with van der Waals surface area (Å²) in [6.45, 7) is 6.40. The number of rotatable bonds is 7. The average Bonchev–Trinajstić information content (AvgIpc) is 2.19. The molecule has 2 atom stereocenters. The van der Waals surface area contributed by atoms with E-state index >= 15 is 0 Å². The fourth-order valence-corrected chi connectivity index (χ4v) is 1.50. The molecule has 0 aliphatic rings. The first-order valence-electron chi connectivity index (χ1n) is 5.85. The van der Waals surface area contributed by atoms with Gasteiger partial charge in [-0.05, 0) is 30.9 Å². The van der Waals surface area contributed by atoms with Gasteiger partial charge in [-0.2, -0.15) is 0 Å². The minimum atomic E-state index is -0.311. The first kappa shape index (κ1) is 13.5. The summed E-state index contributed by atoms with van der Waals surface area (Å²) in [5, 5.41) is 9.82. The van der Waals surface area contributed by atoms with Crippen molar-refractivity contribution in [2.75, 3.05) is 0 Å². The molecule has 0 radical (unpaired) electrons. The monoisotopic (exact) mass is 196 g/mol. The van der Waals surface area contributed by atoms with E-state index in [9.17, 15) is 5.11 Å². The number of hydrogen-bond acceptors (Lipinski definition) is 1. The maximum atomic E-state index is 9.82. The summed E-state index contributed by atoms with van der Waals surface area (Å²) < 4.78 is 0. The molecule has 0 bridgehead atoms. The highest BCUT2D eigenvalue weighted by Gasteiger charge is 2.13. The second-order valence-corrected chi connectivity index (χ2v) is 3.75. The fourth-order valence-electron chi connectivity index (χ4n) is 1.50. The van der Waals surface area contributed by atoms with E-state index in [2.05, 4.69) is 26.5 Å². The highest BCUT2D eigenvalue weighted by molar-refractivity contribution is 4.92. The predicted octanol–water partition coefficient (Wildman–Crippen LogP) is 3.69. The molecule has 0 aromatic rings. The molecule has 14 heavy (non-hydrogen) atoms. The van der Waals surface area contributed by atoms with E-state index in [0.29, 0.717) is 5.92 Å². The third-order valence-corrected chi connectivity index (χ3v) is 2.52. The summed E-state index contributed by atoms with van der Waals surface area (Å²) in [5.41, 5.74) is 3.03. The van der Waals surface area contributed by atoms with Gasteiger partial charge in [-0.25, -0.2) is 0 Å². The standard InChI is InChI=1S/C13H24O/c1-4-7-9-11-13(14)12(6-3)10-8-5-2/h7,11-14H,4-6,8,10H2,1-3H3. The molecular weight excluding hydrogens is 172 g/mol. The molecule has 1 nitrogen and oxygen atoms in total. The Balaban J connectivity index is 4.02. The number of aliphatic hydroxyl groups excluding tert-OH is 1. The van der Waals surface area contributed by atoms with Gasteiger partial charge in [-0.1, -0.05) is 40.0 Å². The van der Waals surface area contributed by atoms with Crippen molar-refractivity contribution in [3.63, 3.8) is 0 Å². The van der Waals surface area contributed by atoms with Crippen molar-refractivity contribution in [1.82, 2.24) is 0 Å². The number of unbranched alkanes of at least 4 members (excludes halogenated alkanes) is 1. The first-order valence-corrected chi connectivity index (χ1v) is 5.85. The summed E-state index contributed by atoms with van der Waals surface area (Å²) in [6.07, 6.45) is 9.01. The van der Waals surface area contributed by atoms with Gasteiger partial charge in [0.2, 0.25) is 0 Å². The van der Waals surface area contributed by atoms with Crippen LogP contribution in [0.3, 0.4) is 0 Å². The molecule has 0 aliphatic heterocycles. The van der Waals surface area contributed by atoms with Gasteiger partial charge in [0, 0.05) is 0 Å². The van der Waals surface area contributed by atoms with E-state index < -0.39 is 0 Å². The van der Waals surface area contributed by atoms with E-state index in [1.807, 2.05) is 6.08 Å². The van der Waals surface area contributed by atoms with Crippen LogP contribution in [0.25, 0.3) is 0 Å². The van der Waals surface area contributed by atoms with Crippen molar-refractivity contribution < 1.29 is 5.11 Å². The van der Waals surface area contributed by atoms with E-state index in [4.69, 9.17) is 0 Å². The van der Waals surface area contributed by atoms with Gasteiger partial charge >= 0.3 is 0 Å². The van der Waals surface area contributed by atoms with Crippen LogP contribution in [-0.2, 0) is 0 Å². The zero-order valence-corrected chi connectivity index (χ0v) is 9.79. The molecule has 0 saturated carbocycles. The van der Waals surface area contributed by atoms with Crippen LogP contribution in [0.1, 0.15) is 52.9 Å². The summed E-state index contributed by atoms with van der Waals surface area (Å²) in [6, 6.07) is 0. The van der Waals surface area contributed by atoms with Crippen molar-refractivity contribution in [3.8, 4) is 0 Å². The topological polar surface area (TPSA) is 20.2 Å². The Labute approximate surface area is 88.5 Å². The highest BCUT2D eigenvalue weighted by Crippen LogP contribution is 2.17. The second-order valence-electron chi connectivity index (χ2n) is 3.75. The predicted molar refractivity (Wildman–Crippen MR) is 62.3 cm³/mol. The maximum Gasteiger partial charge on any atom is 0.0822 e. The molecule has 0 saturated heterocycles. The zero-order valence-electron chi connectivity index (χ0n) is 9.79. The van der Waals surface area contributed by atoms with Crippen LogP contribution in [0.15, 0.2) is 17.9 Å². The molecule has 0 rings (SSSR count). The lowest BCUT2D eigenvalue weighted by atomic mass is 9.93. The largest absolute Gasteiger partial charge is 0.388 e. The highest BCUT2D eigenvalue weighted by atomic mass is 16.3. The van der Waals surface area contributed by atoms with Crippen molar-refractivity contribution in [2.24, 2.45) is 5.92 Å². The fraction of sp³-hybridized carbons (Fsp3) is 0.769. The summed E-state index contributed by atoms with van der Waals surface area (Å²) >= 11 is 0. The molecule has 82 valence electrons. The lowest BCUT2D eigenvalue weighted by Gasteiger charge is -2.17. The van der Waals surface area contributed by atoms with E-state index in [0.717, 1.165) is 19.3 Å². The number of aliphatic hydroxyl groups is 1. The van der Waals surface area contributed by atoms with E-state index in [-0.39, 0.29) is 6.10 Å². The SMILES string of the molecule is CCC=C=CC(O)C(CC)CCCC. The second kappa shape index (κ2) is 9.05. The van der Waals surface area contributed by atoms with E-state index in [1.54, 1.807) is 6.08 Å². The molecular formula is C13H24O. The first-order chi connectivity index (χ1) is 6.76. The molecule has 0 aromatic heterocycles. The Bertz CT molecular complexity index is 178. The smallest absolute Gasteiger partial charge is 0.0822 e. The van der Waals surface area contributed by atoms with Crippen LogP contribution >= 0.6 is 0 Å². The minimum Gasteiger partial charge on any atom is -0.388 e. The Morgan fingerprint density at radius 1 is 1.29 bits per heavy atom. The van der Waals surface area contributed by atoms with Crippen LogP contribution in [-0.4, -0.2) is 11.2 Å². The van der Waals surface area contributed by atoms with Crippen LogP contribution in [0.2, 0.25) is 0 Å². The normalized spacial score (nSPS) is 14.3. The third-order valence-electron chi connectivity index (χ3n) is 2.52. The Kier molecular flexibility index (Phi) is 8.72. The van der Waals surface area contributed by atoms with Gasteiger partial charge in [0.05, 0.1) is 6.10 Å². The average molecular weight is 196 g/mol. The molecule has 0 heterocycles. The molecule has 1 heteroatoms. The molecule has 0 amide bonds. The van der Waals surface area contributed by atoms with Gasteiger partial charge in [0.1, 0.15) is 0 Å².